The van der Waals surface area contributed by atoms with Crippen molar-refractivity contribution in [1.29, 1.82) is 0 Å². The SMILES string of the molecule is O=Cc1c(Br)cc(CC2CCNCC2)c2c1OCO2. The second kappa shape index (κ2) is 5.51. The summed E-state index contributed by atoms with van der Waals surface area (Å²) in [6.07, 6.45) is 4.16. The maximum absolute atomic E-state index is 11.1. The third-order valence-corrected chi connectivity index (χ3v) is 4.45. The molecule has 0 aliphatic carbocycles. The summed E-state index contributed by atoms with van der Waals surface area (Å²) in [4.78, 5) is 11.1. The monoisotopic (exact) mass is 325 g/mol. The molecule has 1 aromatic carbocycles. The van der Waals surface area contributed by atoms with Crippen molar-refractivity contribution in [3.63, 3.8) is 0 Å². The van der Waals surface area contributed by atoms with Crippen LogP contribution in [0.25, 0.3) is 0 Å². The molecule has 2 aliphatic rings. The summed E-state index contributed by atoms with van der Waals surface area (Å²) in [7, 11) is 0. The van der Waals surface area contributed by atoms with Crippen molar-refractivity contribution in [3.8, 4) is 11.5 Å². The Bertz CT molecular complexity index is 498. The van der Waals surface area contributed by atoms with Gasteiger partial charge in [0.2, 0.25) is 6.79 Å². The van der Waals surface area contributed by atoms with Gasteiger partial charge in [0, 0.05) is 4.47 Å². The lowest BCUT2D eigenvalue weighted by atomic mass is 9.90. The van der Waals surface area contributed by atoms with Crippen molar-refractivity contribution in [2.24, 2.45) is 5.92 Å². The van der Waals surface area contributed by atoms with Gasteiger partial charge in [0.15, 0.2) is 17.8 Å². The van der Waals surface area contributed by atoms with E-state index in [1.54, 1.807) is 0 Å². The van der Waals surface area contributed by atoms with Crippen molar-refractivity contribution in [2.45, 2.75) is 19.3 Å². The van der Waals surface area contributed by atoms with E-state index in [0.29, 0.717) is 17.2 Å². The van der Waals surface area contributed by atoms with Crippen molar-refractivity contribution < 1.29 is 14.3 Å². The highest BCUT2D eigenvalue weighted by Gasteiger charge is 2.26. The van der Waals surface area contributed by atoms with Crippen LogP contribution < -0.4 is 14.8 Å². The van der Waals surface area contributed by atoms with Crippen LogP contribution in [0.5, 0.6) is 11.5 Å². The van der Waals surface area contributed by atoms with Gasteiger partial charge in [0.1, 0.15) is 0 Å². The van der Waals surface area contributed by atoms with Gasteiger partial charge in [-0.2, -0.15) is 0 Å². The third kappa shape index (κ3) is 2.49. The summed E-state index contributed by atoms with van der Waals surface area (Å²) in [5.41, 5.74) is 1.68. The molecule has 0 unspecified atom stereocenters. The quantitative estimate of drug-likeness (QED) is 0.867. The highest BCUT2D eigenvalue weighted by atomic mass is 79.9. The molecule has 102 valence electrons. The standard InChI is InChI=1S/C14H16BrNO3/c15-12-6-10(5-9-1-3-16-4-2-9)13-14(11(12)7-17)19-8-18-13/h6-7,9,16H,1-5,8H2. The van der Waals surface area contributed by atoms with Gasteiger partial charge in [-0.3, -0.25) is 4.79 Å². The molecule has 0 bridgehead atoms. The number of fused-ring (bicyclic) bond motifs is 1. The summed E-state index contributed by atoms with van der Waals surface area (Å²) in [6.45, 7) is 2.36. The lowest BCUT2D eigenvalue weighted by Gasteiger charge is -2.23. The summed E-state index contributed by atoms with van der Waals surface area (Å²) in [5, 5.41) is 3.37. The zero-order valence-electron chi connectivity index (χ0n) is 10.6. The molecule has 1 saturated heterocycles. The van der Waals surface area contributed by atoms with E-state index in [2.05, 4.69) is 21.2 Å². The fourth-order valence-electron chi connectivity index (χ4n) is 2.78. The summed E-state index contributed by atoms with van der Waals surface area (Å²) >= 11 is 3.45. The van der Waals surface area contributed by atoms with E-state index in [9.17, 15) is 4.79 Å². The molecule has 1 aromatic rings. The maximum atomic E-state index is 11.1. The van der Waals surface area contributed by atoms with E-state index < -0.39 is 0 Å². The lowest BCUT2D eigenvalue weighted by molar-refractivity contribution is 0.111. The molecular weight excluding hydrogens is 310 g/mol. The number of carbonyl (C=O) groups excluding carboxylic acids is 1. The highest BCUT2D eigenvalue weighted by Crippen LogP contribution is 2.43. The molecule has 1 N–H and O–H groups in total. The number of ether oxygens (including phenoxy) is 2. The number of hydrogen-bond acceptors (Lipinski definition) is 4. The third-order valence-electron chi connectivity index (χ3n) is 3.79. The average molecular weight is 326 g/mol. The molecule has 0 atom stereocenters. The Hall–Kier alpha value is -1.07. The maximum Gasteiger partial charge on any atom is 0.231 e. The topological polar surface area (TPSA) is 47.6 Å². The highest BCUT2D eigenvalue weighted by molar-refractivity contribution is 9.10. The minimum absolute atomic E-state index is 0.200. The van der Waals surface area contributed by atoms with Crippen LogP contribution in [0.2, 0.25) is 0 Å². The second-order valence-corrected chi connectivity index (χ2v) is 5.87. The second-order valence-electron chi connectivity index (χ2n) is 5.01. The summed E-state index contributed by atoms with van der Waals surface area (Å²) in [6, 6.07) is 2.00. The zero-order chi connectivity index (χ0) is 13.2. The minimum Gasteiger partial charge on any atom is -0.453 e. The van der Waals surface area contributed by atoms with Gasteiger partial charge >= 0.3 is 0 Å². The fourth-order valence-corrected chi connectivity index (χ4v) is 3.33. The van der Waals surface area contributed by atoms with Crippen LogP contribution in [0.4, 0.5) is 0 Å². The van der Waals surface area contributed by atoms with Gasteiger partial charge in [-0.05, 0) is 65.8 Å². The Morgan fingerprint density at radius 1 is 1.32 bits per heavy atom. The van der Waals surface area contributed by atoms with Crippen molar-refractivity contribution in [1.82, 2.24) is 5.32 Å². The van der Waals surface area contributed by atoms with Gasteiger partial charge < -0.3 is 14.8 Å². The Morgan fingerprint density at radius 2 is 2.05 bits per heavy atom. The molecule has 3 rings (SSSR count). The Kier molecular flexibility index (Phi) is 3.75. The fraction of sp³-hybridized carbons (Fsp3) is 0.500. The Morgan fingerprint density at radius 3 is 2.79 bits per heavy atom. The van der Waals surface area contributed by atoms with Crippen LogP contribution in [0.15, 0.2) is 10.5 Å². The number of benzene rings is 1. The first-order chi connectivity index (χ1) is 9.29. The molecular formula is C14H16BrNO3. The van der Waals surface area contributed by atoms with Crippen LogP contribution in [-0.4, -0.2) is 26.2 Å². The number of rotatable bonds is 3. The molecule has 4 nitrogen and oxygen atoms in total. The van der Waals surface area contributed by atoms with Gasteiger partial charge in [-0.1, -0.05) is 0 Å². The van der Waals surface area contributed by atoms with Crippen molar-refractivity contribution >= 4 is 22.2 Å². The van der Waals surface area contributed by atoms with Crippen LogP contribution >= 0.6 is 15.9 Å². The number of halogens is 1. The van der Waals surface area contributed by atoms with E-state index in [1.165, 1.54) is 12.8 Å². The molecule has 2 heterocycles. The largest absolute Gasteiger partial charge is 0.453 e. The number of piperidine rings is 1. The first-order valence-electron chi connectivity index (χ1n) is 6.56. The van der Waals surface area contributed by atoms with E-state index in [1.807, 2.05) is 6.07 Å². The predicted octanol–water partition coefficient (Wildman–Crippen LogP) is 2.53. The van der Waals surface area contributed by atoms with Crippen molar-refractivity contribution in [3.05, 3.63) is 21.7 Å². The number of nitrogens with one attached hydrogen (secondary N) is 1. The molecule has 0 aromatic heterocycles. The smallest absolute Gasteiger partial charge is 0.231 e. The van der Waals surface area contributed by atoms with E-state index in [4.69, 9.17) is 9.47 Å². The Balaban J connectivity index is 1.91. The normalized spacial score (nSPS) is 18.6. The van der Waals surface area contributed by atoms with E-state index >= 15 is 0 Å². The Labute approximate surface area is 120 Å². The lowest BCUT2D eigenvalue weighted by Crippen LogP contribution is -2.28. The molecule has 2 aliphatic heterocycles. The van der Waals surface area contributed by atoms with E-state index in [-0.39, 0.29) is 6.79 Å². The molecule has 1 fully saturated rings. The first kappa shape index (κ1) is 12.9. The first-order valence-corrected chi connectivity index (χ1v) is 7.35. The van der Waals surface area contributed by atoms with Gasteiger partial charge in [0.05, 0.1) is 5.56 Å². The molecule has 5 heteroatoms. The summed E-state index contributed by atoms with van der Waals surface area (Å²) < 4.78 is 11.8. The van der Waals surface area contributed by atoms with Crippen LogP contribution in [-0.2, 0) is 6.42 Å². The number of hydrogen-bond donors (Lipinski definition) is 1. The van der Waals surface area contributed by atoms with Crippen molar-refractivity contribution in [2.75, 3.05) is 19.9 Å². The molecule has 19 heavy (non-hydrogen) atoms. The minimum atomic E-state index is 0.200. The van der Waals surface area contributed by atoms with Gasteiger partial charge in [0.25, 0.3) is 0 Å². The average Bonchev–Trinajstić information content (AvgIpc) is 2.89. The summed E-state index contributed by atoms with van der Waals surface area (Å²) in [5.74, 6) is 2.01. The number of aldehydes is 1. The van der Waals surface area contributed by atoms with Gasteiger partial charge in [-0.25, -0.2) is 0 Å². The predicted molar refractivity (Wildman–Crippen MR) is 75.0 cm³/mol. The molecule has 0 amide bonds. The van der Waals surface area contributed by atoms with Crippen LogP contribution in [0.3, 0.4) is 0 Å². The van der Waals surface area contributed by atoms with Crippen LogP contribution in [0, 0.1) is 5.92 Å². The number of carbonyl (C=O) groups is 1. The molecule has 0 saturated carbocycles. The van der Waals surface area contributed by atoms with E-state index in [0.717, 1.165) is 41.6 Å². The zero-order valence-corrected chi connectivity index (χ0v) is 12.2. The molecule has 0 radical (unpaired) electrons. The van der Waals surface area contributed by atoms with Gasteiger partial charge in [-0.15, -0.1) is 0 Å². The van der Waals surface area contributed by atoms with Crippen LogP contribution in [0.1, 0.15) is 28.8 Å². The molecule has 0 spiro atoms.